The van der Waals surface area contributed by atoms with Crippen LogP contribution < -0.4 is 9.80 Å². The van der Waals surface area contributed by atoms with E-state index in [9.17, 15) is 0 Å². The maximum Gasteiger partial charge on any atom is 0.0640 e. The quantitative estimate of drug-likeness (QED) is 0.159. The van der Waals surface area contributed by atoms with Crippen LogP contribution in [0.2, 0.25) is 0 Å². The average molecular weight is 779 g/mol. The smallest absolute Gasteiger partial charge is 0.0640 e. The van der Waals surface area contributed by atoms with Crippen molar-refractivity contribution in [3.63, 3.8) is 0 Å². The maximum atomic E-state index is 2.57. The van der Waals surface area contributed by atoms with Crippen LogP contribution in [0.25, 0.3) is 62.9 Å². The summed E-state index contributed by atoms with van der Waals surface area (Å²) in [5.74, 6) is 0.316. The zero-order chi connectivity index (χ0) is 38.3. The van der Waals surface area contributed by atoms with Gasteiger partial charge in [0.2, 0.25) is 0 Å². The molecule has 0 radical (unpaired) electrons. The molecule has 0 fully saturated rings. The van der Waals surface area contributed by atoms with Crippen molar-refractivity contribution < 1.29 is 0 Å². The monoisotopic (exact) mass is 778 g/mol. The Morgan fingerprint density at radius 3 is 1.84 bits per heavy atom. The van der Waals surface area contributed by atoms with Crippen molar-refractivity contribution in [3.8, 4) is 0 Å². The van der Waals surface area contributed by atoms with Crippen molar-refractivity contribution in [2.75, 3.05) is 9.80 Å². The lowest BCUT2D eigenvalue weighted by Gasteiger charge is -2.37. The van der Waals surface area contributed by atoms with E-state index in [1.165, 1.54) is 102 Å². The van der Waals surface area contributed by atoms with Gasteiger partial charge < -0.3 is 9.80 Å². The molecule has 0 bridgehead atoms. The van der Waals surface area contributed by atoms with Crippen LogP contribution in [-0.2, 0) is 0 Å². The molecular weight excluding hydrogens is 741 g/mol. The maximum absolute atomic E-state index is 2.57. The van der Waals surface area contributed by atoms with Gasteiger partial charge in [-0.1, -0.05) is 140 Å². The number of allylic oxidation sites excluding steroid dienone is 2. The molecule has 2 aromatic heterocycles. The van der Waals surface area contributed by atoms with Crippen LogP contribution in [-0.4, -0.2) is 0 Å². The van der Waals surface area contributed by atoms with E-state index >= 15 is 0 Å². The van der Waals surface area contributed by atoms with Crippen LogP contribution in [0.15, 0.2) is 182 Å². The first-order chi connectivity index (χ1) is 28.7. The van der Waals surface area contributed by atoms with Crippen LogP contribution in [0.3, 0.4) is 0 Å². The van der Waals surface area contributed by atoms with E-state index in [0.29, 0.717) is 5.92 Å². The molecule has 10 aromatic rings. The number of anilines is 4. The van der Waals surface area contributed by atoms with E-state index in [1.807, 2.05) is 22.7 Å². The van der Waals surface area contributed by atoms with E-state index < -0.39 is 0 Å². The number of para-hydroxylation sites is 2. The van der Waals surface area contributed by atoms with E-state index in [1.54, 1.807) is 0 Å². The van der Waals surface area contributed by atoms with Gasteiger partial charge in [0, 0.05) is 59.5 Å². The van der Waals surface area contributed by atoms with Crippen LogP contribution >= 0.6 is 22.7 Å². The van der Waals surface area contributed by atoms with Crippen LogP contribution in [0.1, 0.15) is 47.6 Å². The number of hydrogen-bond acceptors (Lipinski definition) is 4. The summed E-state index contributed by atoms with van der Waals surface area (Å²) in [7, 11) is 0. The number of benzene rings is 8. The van der Waals surface area contributed by atoms with Gasteiger partial charge in [0.1, 0.15) is 0 Å². The first-order valence-electron chi connectivity index (χ1n) is 20.2. The first-order valence-corrected chi connectivity index (χ1v) is 21.8. The lowest BCUT2D eigenvalue weighted by atomic mass is 9.76. The highest BCUT2D eigenvalue weighted by atomic mass is 32.1. The first kappa shape index (κ1) is 33.7. The third kappa shape index (κ3) is 5.08. The lowest BCUT2D eigenvalue weighted by molar-refractivity contribution is 0.774. The van der Waals surface area contributed by atoms with Gasteiger partial charge in [0.25, 0.3) is 0 Å². The Kier molecular flexibility index (Phi) is 7.72. The van der Waals surface area contributed by atoms with Crippen molar-refractivity contribution in [1.29, 1.82) is 0 Å². The Hall–Kier alpha value is -6.46. The van der Waals surface area contributed by atoms with Crippen molar-refractivity contribution >= 4 is 108 Å². The molecule has 1 unspecified atom stereocenters. The van der Waals surface area contributed by atoms with Gasteiger partial charge in [0.15, 0.2) is 0 Å². The second kappa shape index (κ2) is 13.3. The van der Waals surface area contributed by atoms with Gasteiger partial charge in [-0.2, -0.15) is 0 Å². The molecule has 0 aliphatic heterocycles. The molecule has 0 amide bonds. The molecule has 2 aliphatic rings. The molecule has 276 valence electrons. The normalized spacial score (nSPS) is 15.1. The molecule has 12 rings (SSSR count). The highest BCUT2D eigenvalue weighted by Gasteiger charge is 2.32. The molecular formula is C54H38N2S2. The number of hydrogen-bond donors (Lipinski definition) is 0. The Morgan fingerprint density at radius 1 is 0.552 bits per heavy atom. The number of fused-ring (bicyclic) bond motifs is 6. The molecule has 2 nitrogen and oxygen atoms in total. The van der Waals surface area contributed by atoms with E-state index in [0.717, 1.165) is 6.42 Å². The van der Waals surface area contributed by atoms with E-state index in [4.69, 9.17) is 0 Å². The minimum atomic E-state index is 0.0552. The molecule has 0 N–H and O–H groups in total. The van der Waals surface area contributed by atoms with Gasteiger partial charge in [0.05, 0.1) is 26.8 Å². The molecule has 58 heavy (non-hydrogen) atoms. The Balaban J connectivity index is 1.05. The fraction of sp³-hybridized carbons (Fsp3) is 0.0741. The standard InChI is InChI=1S/C54H38N2S2/c1-34(55(37-14-4-2-5-15-37)47-22-12-20-43-40-18-8-10-24-49(40)57-53(43)47)39-30-26-35-28-32-45-46(33-29-36-27-31-42(39)51(35)52(36)45)56(38-16-6-3-7-17-38)48-23-13-21-44-41-19-9-11-25-50(41)58-54(44)48/h2-28,30-34,36H,29H2,1H3/t34-,36?/m0/s1. The van der Waals surface area contributed by atoms with Crippen LogP contribution in [0.4, 0.5) is 22.7 Å². The highest BCUT2D eigenvalue weighted by molar-refractivity contribution is 7.26. The van der Waals surface area contributed by atoms with Crippen molar-refractivity contribution in [3.05, 3.63) is 204 Å². The van der Waals surface area contributed by atoms with Gasteiger partial charge in [-0.3, -0.25) is 0 Å². The highest BCUT2D eigenvalue weighted by Crippen LogP contribution is 2.52. The Bertz CT molecular complexity index is 3300. The molecule has 8 aromatic carbocycles. The molecule has 4 heteroatoms. The topological polar surface area (TPSA) is 6.48 Å². The second-order valence-electron chi connectivity index (χ2n) is 15.5. The largest absolute Gasteiger partial charge is 0.333 e. The Labute approximate surface area is 345 Å². The van der Waals surface area contributed by atoms with E-state index in [2.05, 4.69) is 205 Å². The summed E-state index contributed by atoms with van der Waals surface area (Å²) in [4.78, 5) is 5.09. The van der Waals surface area contributed by atoms with Gasteiger partial charge in [-0.25, -0.2) is 0 Å². The van der Waals surface area contributed by atoms with Gasteiger partial charge in [-0.15, -0.1) is 22.7 Å². The SMILES string of the molecule is C[C@@H](c1ccc2ccc3c4c2c1C=CC4CC=C3N(c1ccccc1)c1cccc2c1sc1ccccc12)N(c1ccccc1)c1cccc2c1sc1ccccc12. The van der Waals surface area contributed by atoms with Crippen LogP contribution in [0, 0.1) is 0 Å². The number of nitrogens with zero attached hydrogens (tertiary/aromatic N) is 2. The van der Waals surface area contributed by atoms with Crippen LogP contribution in [0.5, 0.6) is 0 Å². The molecule has 0 saturated carbocycles. The molecule has 0 saturated heterocycles. The second-order valence-corrected chi connectivity index (χ2v) is 17.6. The van der Waals surface area contributed by atoms with E-state index in [-0.39, 0.29) is 6.04 Å². The Morgan fingerprint density at radius 2 is 1.14 bits per heavy atom. The summed E-state index contributed by atoms with van der Waals surface area (Å²) in [5, 5.41) is 7.96. The molecule has 2 atom stereocenters. The minimum absolute atomic E-state index is 0.0552. The summed E-state index contributed by atoms with van der Waals surface area (Å²) in [6, 6.07) is 62.8. The zero-order valence-electron chi connectivity index (χ0n) is 32.0. The van der Waals surface area contributed by atoms with Crippen molar-refractivity contribution in [2.24, 2.45) is 0 Å². The summed E-state index contributed by atoms with van der Waals surface area (Å²) >= 11 is 3.79. The molecule has 2 aliphatic carbocycles. The lowest BCUT2D eigenvalue weighted by Crippen LogP contribution is -2.23. The van der Waals surface area contributed by atoms with Gasteiger partial charge >= 0.3 is 0 Å². The van der Waals surface area contributed by atoms with Crippen molar-refractivity contribution in [1.82, 2.24) is 0 Å². The zero-order valence-corrected chi connectivity index (χ0v) is 33.6. The minimum Gasteiger partial charge on any atom is -0.333 e. The predicted octanol–water partition coefficient (Wildman–Crippen LogP) is 16.2. The number of rotatable bonds is 7. The fourth-order valence-corrected chi connectivity index (χ4v) is 12.2. The fourth-order valence-electron chi connectivity index (χ4n) is 9.82. The summed E-state index contributed by atoms with van der Waals surface area (Å²) < 4.78 is 5.28. The van der Waals surface area contributed by atoms with Crippen molar-refractivity contribution in [2.45, 2.75) is 25.3 Å². The average Bonchev–Trinajstić information content (AvgIpc) is 3.86. The third-order valence-corrected chi connectivity index (χ3v) is 14.8. The number of thiophene rings is 2. The summed E-state index contributed by atoms with van der Waals surface area (Å²) in [6.45, 7) is 2.39. The molecule has 0 spiro atoms. The van der Waals surface area contributed by atoms with Gasteiger partial charge in [-0.05, 0) is 89.3 Å². The molecule has 2 heterocycles. The third-order valence-electron chi connectivity index (χ3n) is 12.4. The summed E-state index contributed by atoms with van der Waals surface area (Å²) in [5.41, 5.74) is 11.5. The summed E-state index contributed by atoms with van der Waals surface area (Å²) in [6.07, 6.45) is 8.35. The predicted molar refractivity (Wildman–Crippen MR) is 253 cm³/mol.